The molecule has 2 aromatic rings. The molecule has 24 heavy (non-hydrogen) atoms. The predicted molar refractivity (Wildman–Crippen MR) is 96.3 cm³/mol. The average molecular weight is 367 g/mol. The number of benzene rings is 1. The molecule has 1 aromatic heterocycles. The summed E-state index contributed by atoms with van der Waals surface area (Å²) in [5.41, 5.74) is 3.39. The number of ether oxygens (including phenoxy) is 1. The fraction of sp³-hybridized carbons (Fsp3) is 0.588. The molecule has 0 N–H and O–H groups in total. The summed E-state index contributed by atoms with van der Waals surface area (Å²) in [4.78, 5) is 4.64. The Hall–Kier alpha value is -1.18. The number of rotatable bonds is 4. The van der Waals surface area contributed by atoms with Crippen molar-refractivity contribution in [2.75, 3.05) is 13.1 Å². The quantitative estimate of drug-likeness (QED) is 0.833. The normalized spacial score (nSPS) is 20.6. The number of hydrogen-bond acceptors (Lipinski definition) is 5. The maximum Gasteiger partial charge on any atom is 0.274 e. The Morgan fingerprint density at radius 3 is 2.42 bits per heavy atom. The van der Waals surface area contributed by atoms with Crippen LogP contribution in [-0.2, 0) is 10.0 Å². The first-order valence-corrected chi connectivity index (χ1v) is 10.8. The summed E-state index contributed by atoms with van der Waals surface area (Å²) in [6, 6.07) is 4.20. The lowest BCUT2D eigenvalue weighted by molar-refractivity contribution is 0.135. The van der Waals surface area contributed by atoms with E-state index in [-0.39, 0.29) is 11.4 Å². The number of aryl methyl sites for hydroxylation is 2. The molecule has 0 amide bonds. The summed E-state index contributed by atoms with van der Waals surface area (Å²) < 4.78 is 33.5. The number of thiazole rings is 1. The van der Waals surface area contributed by atoms with Crippen LogP contribution in [-0.4, -0.2) is 42.2 Å². The highest BCUT2D eigenvalue weighted by Gasteiger charge is 2.41. The third-order valence-electron chi connectivity index (χ3n) is 4.90. The Kier molecular flexibility index (Phi) is 4.05. The van der Waals surface area contributed by atoms with Crippen molar-refractivity contribution in [1.82, 2.24) is 9.29 Å². The van der Waals surface area contributed by atoms with Crippen LogP contribution in [0.1, 0.15) is 36.8 Å². The van der Waals surface area contributed by atoms with Crippen molar-refractivity contribution in [3.8, 4) is 5.19 Å². The zero-order valence-electron chi connectivity index (χ0n) is 14.0. The zero-order valence-corrected chi connectivity index (χ0v) is 15.6. The minimum atomic E-state index is -3.05. The fourth-order valence-electron chi connectivity index (χ4n) is 3.21. The van der Waals surface area contributed by atoms with Gasteiger partial charge in [-0.25, -0.2) is 17.7 Å². The van der Waals surface area contributed by atoms with E-state index in [0.29, 0.717) is 18.3 Å². The lowest BCUT2D eigenvalue weighted by Crippen LogP contribution is -2.43. The van der Waals surface area contributed by atoms with E-state index in [1.54, 1.807) is 15.6 Å². The van der Waals surface area contributed by atoms with Gasteiger partial charge in [-0.1, -0.05) is 23.5 Å². The Morgan fingerprint density at radius 1 is 1.12 bits per heavy atom. The van der Waals surface area contributed by atoms with Gasteiger partial charge >= 0.3 is 0 Å². The minimum Gasteiger partial charge on any atom is -0.467 e. The van der Waals surface area contributed by atoms with Gasteiger partial charge < -0.3 is 4.74 Å². The van der Waals surface area contributed by atoms with E-state index in [9.17, 15) is 8.42 Å². The van der Waals surface area contributed by atoms with Crippen LogP contribution < -0.4 is 4.74 Å². The molecule has 2 aliphatic rings. The second-order valence-electron chi connectivity index (χ2n) is 6.82. The van der Waals surface area contributed by atoms with Crippen molar-refractivity contribution in [2.24, 2.45) is 0 Å². The Bertz CT molecular complexity index is 824. The van der Waals surface area contributed by atoms with Crippen molar-refractivity contribution in [3.05, 3.63) is 23.3 Å². The summed E-state index contributed by atoms with van der Waals surface area (Å²) >= 11 is 1.59. The van der Waals surface area contributed by atoms with Crippen LogP contribution in [0.15, 0.2) is 12.1 Å². The Balaban J connectivity index is 1.44. The molecule has 0 radical (unpaired) electrons. The van der Waals surface area contributed by atoms with Crippen molar-refractivity contribution in [2.45, 2.75) is 50.9 Å². The van der Waals surface area contributed by atoms with Crippen LogP contribution in [0.4, 0.5) is 0 Å². The third-order valence-corrected chi connectivity index (χ3v) is 8.38. The molecular weight excluding hydrogens is 344 g/mol. The minimum absolute atomic E-state index is 0.0526. The van der Waals surface area contributed by atoms with E-state index in [4.69, 9.17) is 4.74 Å². The zero-order chi connectivity index (χ0) is 16.9. The van der Waals surface area contributed by atoms with Gasteiger partial charge in [-0.15, -0.1) is 0 Å². The molecule has 0 unspecified atom stereocenters. The molecule has 1 aromatic carbocycles. The summed E-state index contributed by atoms with van der Waals surface area (Å²) in [6.45, 7) is 5.27. The fourth-order valence-corrected chi connectivity index (χ4v) is 6.12. The molecule has 0 bridgehead atoms. The standard InChI is InChI=1S/C17H22N2O3S2/c1-11-3-4-12(2)16-15(11)18-17(23-16)22-13-7-9-19(10-8-13)24(20,21)14-5-6-14/h3-4,13-14H,5-10H2,1-2H3. The van der Waals surface area contributed by atoms with Crippen LogP contribution in [0, 0.1) is 13.8 Å². The topological polar surface area (TPSA) is 59.5 Å². The number of piperidine rings is 1. The smallest absolute Gasteiger partial charge is 0.274 e. The molecule has 2 heterocycles. The SMILES string of the molecule is Cc1ccc(C)c2sc(OC3CCN(S(=O)(=O)C4CC4)CC3)nc12. The third kappa shape index (κ3) is 2.93. The monoisotopic (exact) mass is 366 g/mol. The molecule has 1 saturated heterocycles. The summed E-state index contributed by atoms with van der Waals surface area (Å²) in [6.07, 6.45) is 3.17. The Labute approximate surface area is 146 Å². The van der Waals surface area contributed by atoms with Gasteiger partial charge in [0.2, 0.25) is 10.0 Å². The van der Waals surface area contributed by atoms with Gasteiger partial charge in [-0.05, 0) is 50.7 Å². The molecule has 7 heteroatoms. The second-order valence-corrected chi connectivity index (χ2v) is 9.99. The largest absolute Gasteiger partial charge is 0.467 e. The molecule has 1 aliphatic heterocycles. The lowest BCUT2D eigenvalue weighted by atomic mass is 10.1. The highest BCUT2D eigenvalue weighted by Crippen LogP contribution is 2.35. The van der Waals surface area contributed by atoms with Crippen molar-refractivity contribution in [1.29, 1.82) is 0 Å². The van der Waals surface area contributed by atoms with E-state index in [0.717, 1.165) is 36.8 Å². The number of fused-ring (bicyclic) bond motifs is 1. The molecule has 1 aliphatic carbocycles. The van der Waals surface area contributed by atoms with E-state index >= 15 is 0 Å². The first-order valence-electron chi connectivity index (χ1n) is 8.47. The molecule has 1 saturated carbocycles. The highest BCUT2D eigenvalue weighted by atomic mass is 32.2. The van der Waals surface area contributed by atoms with Gasteiger partial charge in [0.05, 0.1) is 15.5 Å². The van der Waals surface area contributed by atoms with E-state index in [1.807, 2.05) is 0 Å². The van der Waals surface area contributed by atoms with Gasteiger partial charge in [0.15, 0.2) is 0 Å². The molecule has 4 rings (SSSR count). The van der Waals surface area contributed by atoms with Crippen molar-refractivity contribution < 1.29 is 13.2 Å². The maximum absolute atomic E-state index is 12.3. The Morgan fingerprint density at radius 2 is 1.79 bits per heavy atom. The van der Waals surface area contributed by atoms with E-state index in [2.05, 4.69) is 31.0 Å². The lowest BCUT2D eigenvalue weighted by Gasteiger charge is -2.30. The second kappa shape index (κ2) is 5.97. The molecule has 0 spiro atoms. The molecule has 2 fully saturated rings. The summed E-state index contributed by atoms with van der Waals surface area (Å²) in [5, 5.41) is 0.580. The van der Waals surface area contributed by atoms with Gasteiger partial charge in [-0.3, -0.25) is 0 Å². The summed E-state index contributed by atoms with van der Waals surface area (Å²) in [7, 11) is -3.05. The number of hydrogen-bond donors (Lipinski definition) is 0. The van der Waals surface area contributed by atoms with Crippen LogP contribution in [0.3, 0.4) is 0 Å². The average Bonchev–Trinajstić information content (AvgIpc) is 3.33. The van der Waals surface area contributed by atoms with E-state index < -0.39 is 10.0 Å². The van der Waals surface area contributed by atoms with Gasteiger partial charge in [0, 0.05) is 13.1 Å². The number of nitrogens with zero attached hydrogens (tertiary/aromatic N) is 2. The maximum atomic E-state index is 12.3. The molecule has 0 atom stereocenters. The van der Waals surface area contributed by atoms with Gasteiger partial charge in [-0.2, -0.15) is 0 Å². The molecular formula is C17H22N2O3S2. The number of sulfonamides is 1. The summed E-state index contributed by atoms with van der Waals surface area (Å²) in [5.74, 6) is 0. The van der Waals surface area contributed by atoms with Crippen LogP contribution in [0.2, 0.25) is 0 Å². The predicted octanol–water partition coefficient (Wildman–Crippen LogP) is 3.25. The van der Waals surface area contributed by atoms with Crippen molar-refractivity contribution in [3.63, 3.8) is 0 Å². The molecule has 130 valence electrons. The van der Waals surface area contributed by atoms with Gasteiger partial charge in [0.25, 0.3) is 5.19 Å². The van der Waals surface area contributed by atoms with Gasteiger partial charge in [0.1, 0.15) is 6.10 Å². The first kappa shape index (κ1) is 16.3. The molecule has 5 nitrogen and oxygen atoms in total. The first-order chi connectivity index (χ1) is 11.4. The number of aromatic nitrogens is 1. The van der Waals surface area contributed by atoms with E-state index in [1.165, 1.54) is 10.3 Å². The highest BCUT2D eigenvalue weighted by molar-refractivity contribution is 7.90. The van der Waals surface area contributed by atoms with Crippen LogP contribution in [0.5, 0.6) is 5.19 Å². The van der Waals surface area contributed by atoms with Crippen LogP contribution >= 0.6 is 11.3 Å². The van der Waals surface area contributed by atoms with Crippen molar-refractivity contribution >= 4 is 31.6 Å². The van der Waals surface area contributed by atoms with Crippen LogP contribution in [0.25, 0.3) is 10.2 Å².